The zero-order valence-corrected chi connectivity index (χ0v) is 20.4. The standard InChI is InChI=1S/C26H49N3/c1-20(2)15-24-16-26(24)11-14-28(19-26)23(6)8-7-22(5)27-12-9-25(10-13-27)17-29(18-25)21(3)4/h20-24H,7-19H2,1-6H3. The van der Waals surface area contributed by atoms with Gasteiger partial charge in [-0.15, -0.1) is 0 Å². The highest BCUT2D eigenvalue weighted by atomic mass is 15.3. The molecule has 1 aliphatic carbocycles. The van der Waals surface area contributed by atoms with E-state index in [2.05, 4.69) is 56.2 Å². The molecule has 3 heteroatoms. The average molecular weight is 404 g/mol. The van der Waals surface area contributed by atoms with Crippen molar-refractivity contribution in [3.8, 4) is 0 Å². The summed E-state index contributed by atoms with van der Waals surface area (Å²) in [7, 11) is 0. The molecular formula is C26H49N3. The third-order valence-electron chi connectivity index (χ3n) is 9.44. The van der Waals surface area contributed by atoms with Crippen LogP contribution in [0, 0.1) is 22.7 Å². The molecule has 4 unspecified atom stereocenters. The zero-order valence-electron chi connectivity index (χ0n) is 20.4. The van der Waals surface area contributed by atoms with Crippen LogP contribution in [-0.2, 0) is 0 Å². The normalized spacial score (nSPS) is 35.0. The van der Waals surface area contributed by atoms with Crippen molar-refractivity contribution in [2.45, 2.75) is 105 Å². The van der Waals surface area contributed by atoms with Crippen molar-refractivity contribution in [2.75, 3.05) is 39.3 Å². The van der Waals surface area contributed by atoms with Gasteiger partial charge in [0.05, 0.1) is 0 Å². The second-order valence-corrected chi connectivity index (χ2v) is 12.4. The van der Waals surface area contributed by atoms with Crippen molar-refractivity contribution in [1.29, 1.82) is 0 Å². The van der Waals surface area contributed by atoms with Crippen LogP contribution in [0.15, 0.2) is 0 Å². The van der Waals surface area contributed by atoms with E-state index in [9.17, 15) is 0 Å². The molecule has 3 heterocycles. The van der Waals surface area contributed by atoms with Crippen LogP contribution in [0.5, 0.6) is 0 Å². The Morgan fingerprint density at radius 1 is 0.724 bits per heavy atom. The molecule has 0 amide bonds. The van der Waals surface area contributed by atoms with E-state index in [1.807, 2.05) is 0 Å². The van der Waals surface area contributed by atoms with Crippen LogP contribution in [0.4, 0.5) is 0 Å². The molecule has 0 bridgehead atoms. The number of nitrogens with zero attached hydrogens (tertiary/aromatic N) is 3. The lowest BCUT2D eigenvalue weighted by Gasteiger charge is -2.56. The lowest BCUT2D eigenvalue weighted by molar-refractivity contribution is -0.0679. The molecule has 4 aliphatic rings. The molecule has 1 saturated carbocycles. The van der Waals surface area contributed by atoms with Gasteiger partial charge in [-0.05, 0) is 115 Å². The summed E-state index contributed by atoms with van der Waals surface area (Å²) in [5.74, 6) is 1.92. The summed E-state index contributed by atoms with van der Waals surface area (Å²) in [6.45, 7) is 22.7. The van der Waals surface area contributed by atoms with Gasteiger partial charge in [0.15, 0.2) is 0 Å². The Hall–Kier alpha value is -0.120. The topological polar surface area (TPSA) is 9.72 Å². The highest BCUT2D eigenvalue weighted by Gasteiger charge is 2.57. The maximum absolute atomic E-state index is 2.84. The molecule has 0 aromatic carbocycles. The van der Waals surface area contributed by atoms with Crippen LogP contribution in [-0.4, -0.2) is 72.1 Å². The number of piperidine rings is 1. The van der Waals surface area contributed by atoms with E-state index in [1.54, 1.807) is 0 Å². The van der Waals surface area contributed by atoms with Gasteiger partial charge in [-0.1, -0.05) is 13.8 Å². The van der Waals surface area contributed by atoms with Crippen LogP contribution in [0.25, 0.3) is 0 Å². The van der Waals surface area contributed by atoms with E-state index in [0.717, 1.165) is 35.4 Å². The lowest BCUT2D eigenvalue weighted by Crippen LogP contribution is -2.62. The molecule has 29 heavy (non-hydrogen) atoms. The minimum absolute atomic E-state index is 0.675. The quantitative estimate of drug-likeness (QED) is 0.558. The van der Waals surface area contributed by atoms with E-state index in [0.29, 0.717) is 5.41 Å². The number of likely N-dealkylation sites (tertiary alicyclic amines) is 3. The highest BCUT2D eigenvalue weighted by Crippen LogP contribution is 2.61. The predicted molar refractivity (Wildman–Crippen MR) is 124 cm³/mol. The molecule has 4 fully saturated rings. The fraction of sp³-hybridized carbons (Fsp3) is 1.00. The molecule has 168 valence electrons. The SMILES string of the molecule is CC(C)CC1CC12CCN(C(C)CCC(C)N1CCC3(CC1)CN(C(C)C)C3)C2. The first-order valence-electron chi connectivity index (χ1n) is 12.9. The summed E-state index contributed by atoms with van der Waals surface area (Å²) in [5.41, 5.74) is 1.41. The monoisotopic (exact) mass is 403 g/mol. The second-order valence-electron chi connectivity index (χ2n) is 12.4. The summed E-state index contributed by atoms with van der Waals surface area (Å²) in [6, 6.07) is 2.28. The largest absolute Gasteiger partial charge is 0.301 e. The van der Waals surface area contributed by atoms with Gasteiger partial charge >= 0.3 is 0 Å². The molecule has 4 rings (SSSR count). The molecule has 3 aliphatic heterocycles. The zero-order chi connectivity index (χ0) is 20.8. The molecule has 0 N–H and O–H groups in total. The summed E-state index contributed by atoms with van der Waals surface area (Å²) in [6.07, 6.45) is 10.1. The average Bonchev–Trinajstić information content (AvgIpc) is 3.10. The number of hydrogen-bond donors (Lipinski definition) is 0. The van der Waals surface area contributed by atoms with Gasteiger partial charge in [-0.2, -0.15) is 0 Å². The summed E-state index contributed by atoms with van der Waals surface area (Å²) in [4.78, 5) is 8.31. The number of rotatable bonds is 8. The van der Waals surface area contributed by atoms with Crippen LogP contribution in [0.1, 0.15) is 86.5 Å². The minimum atomic E-state index is 0.675. The van der Waals surface area contributed by atoms with E-state index in [1.165, 1.54) is 84.2 Å². The Bertz CT molecular complexity index is 542. The highest BCUT2D eigenvalue weighted by molar-refractivity contribution is 5.08. The van der Waals surface area contributed by atoms with Crippen LogP contribution < -0.4 is 0 Å². The Morgan fingerprint density at radius 3 is 1.90 bits per heavy atom. The van der Waals surface area contributed by atoms with Crippen molar-refractivity contribution in [2.24, 2.45) is 22.7 Å². The Kier molecular flexibility index (Phi) is 6.42. The van der Waals surface area contributed by atoms with Crippen molar-refractivity contribution in [1.82, 2.24) is 14.7 Å². The summed E-state index contributed by atoms with van der Waals surface area (Å²) < 4.78 is 0. The summed E-state index contributed by atoms with van der Waals surface area (Å²) >= 11 is 0. The maximum Gasteiger partial charge on any atom is 0.00677 e. The molecular weight excluding hydrogens is 354 g/mol. The fourth-order valence-corrected chi connectivity index (χ4v) is 6.92. The Labute approximate surface area is 181 Å². The molecule has 4 atom stereocenters. The molecule has 3 saturated heterocycles. The number of hydrogen-bond acceptors (Lipinski definition) is 3. The molecule has 0 radical (unpaired) electrons. The minimum Gasteiger partial charge on any atom is -0.301 e. The van der Waals surface area contributed by atoms with Crippen molar-refractivity contribution in [3.05, 3.63) is 0 Å². The Morgan fingerprint density at radius 2 is 1.31 bits per heavy atom. The maximum atomic E-state index is 2.84. The molecule has 2 spiro atoms. The van der Waals surface area contributed by atoms with E-state index >= 15 is 0 Å². The van der Waals surface area contributed by atoms with Gasteiger partial charge in [-0.25, -0.2) is 0 Å². The fourth-order valence-electron chi connectivity index (χ4n) is 6.92. The Balaban J connectivity index is 1.15. The molecule has 0 aromatic rings. The first kappa shape index (κ1) is 22.1. The van der Waals surface area contributed by atoms with Crippen LogP contribution in [0.3, 0.4) is 0 Å². The van der Waals surface area contributed by atoms with Crippen molar-refractivity contribution in [3.63, 3.8) is 0 Å². The van der Waals surface area contributed by atoms with Crippen LogP contribution >= 0.6 is 0 Å². The van der Waals surface area contributed by atoms with E-state index < -0.39 is 0 Å². The first-order chi connectivity index (χ1) is 13.7. The van der Waals surface area contributed by atoms with Gasteiger partial charge < -0.3 is 9.80 Å². The first-order valence-corrected chi connectivity index (χ1v) is 12.9. The third-order valence-corrected chi connectivity index (χ3v) is 9.44. The lowest BCUT2D eigenvalue weighted by atomic mass is 9.71. The van der Waals surface area contributed by atoms with Gasteiger partial charge in [0, 0.05) is 37.8 Å². The van der Waals surface area contributed by atoms with E-state index in [4.69, 9.17) is 0 Å². The summed E-state index contributed by atoms with van der Waals surface area (Å²) in [5, 5.41) is 0. The van der Waals surface area contributed by atoms with Crippen molar-refractivity contribution < 1.29 is 0 Å². The van der Waals surface area contributed by atoms with Gasteiger partial charge in [0.25, 0.3) is 0 Å². The third kappa shape index (κ3) is 4.72. The van der Waals surface area contributed by atoms with Gasteiger partial charge in [0.2, 0.25) is 0 Å². The van der Waals surface area contributed by atoms with Crippen molar-refractivity contribution >= 4 is 0 Å². The molecule has 0 aromatic heterocycles. The second kappa shape index (κ2) is 8.43. The smallest absolute Gasteiger partial charge is 0.00677 e. The van der Waals surface area contributed by atoms with E-state index in [-0.39, 0.29) is 0 Å². The predicted octanol–water partition coefficient (Wildman–Crippen LogP) is 5.11. The molecule has 3 nitrogen and oxygen atoms in total. The van der Waals surface area contributed by atoms with Gasteiger partial charge in [0.1, 0.15) is 0 Å². The van der Waals surface area contributed by atoms with Gasteiger partial charge in [-0.3, -0.25) is 4.90 Å². The van der Waals surface area contributed by atoms with Crippen LogP contribution in [0.2, 0.25) is 0 Å².